The Bertz CT molecular complexity index is 1990. The molecule has 25 heteroatoms. The van der Waals surface area contributed by atoms with Crippen LogP contribution in [0.25, 0.3) is 0 Å². The number of ether oxygens (including phenoxy) is 4. The molecule has 0 aliphatic carbocycles. The number of phosphoric acid groups is 2. The number of carbonyl (C=O) groups is 5. The second-order valence-electron chi connectivity index (χ2n) is 30.0. The van der Waals surface area contributed by atoms with Gasteiger partial charge in [0, 0.05) is 51.6 Å². The predicted molar refractivity (Wildman–Crippen MR) is 434 cm³/mol. The Balaban J connectivity index is -0.00000919. The van der Waals surface area contributed by atoms with Crippen molar-refractivity contribution < 1.29 is 142 Å². The molecule has 0 aliphatic heterocycles. The second-order valence-corrected chi connectivity index (χ2v) is 32.9. The fraction of sp³-hybridized carbons (Fsp3) is 0.940. The first-order valence-electron chi connectivity index (χ1n) is 43.9. The van der Waals surface area contributed by atoms with E-state index in [1.807, 2.05) is 0 Å². The zero-order chi connectivity index (χ0) is 77.8. The Morgan fingerprint density at radius 2 is 0.546 bits per heavy atom. The number of amides is 4. The predicted octanol–water partition coefficient (Wildman–Crippen LogP) is 16.4. The quantitative estimate of drug-likeness (QED) is 0.0143. The molecule has 0 aromatic rings. The molecule has 0 aliphatic rings. The summed E-state index contributed by atoms with van der Waals surface area (Å²) >= 11 is 0. The van der Waals surface area contributed by atoms with E-state index < -0.39 is 60.2 Å². The van der Waals surface area contributed by atoms with Crippen molar-refractivity contribution >= 4 is 45.4 Å². The van der Waals surface area contributed by atoms with Gasteiger partial charge in [0.15, 0.2) is 0 Å². The van der Waals surface area contributed by atoms with E-state index >= 15 is 0 Å². The molecule has 0 aromatic carbocycles. The van der Waals surface area contributed by atoms with E-state index in [-0.39, 0.29) is 150 Å². The second kappa shape index (κ2) is 84.2. The molecule has 0 spiro atoms. The number of hydrogen-bond acceptors (Lipinski definition) is 15. The molecular weight excluding hydrogens is 1430 g/mol. The molecule has 2 unspecified atom stereocenters. The third-order valence-corrected chi connectivity index (χ3v) is 21.5. The van der Waals surface area contributed by atoms with Crippen molar-refractivity contribution in [2.45, 2.75) is 438 Å². The number of carbonyl (C=O) groups excluding carboxylic acids is 5. The Morgan fingerprint density at radius 3 is 0.815 bits per heavy atom. The summed E-state index contributed by atoms with van der Waals surface area (Å²) in [6.45, 7) is 11.6. The monoisotopic (exact) mass is 1600 g/mol. The summed E-state index contributed by atoms with van der Waals surface area (Å²) in [5.74, 6) is -0.846. The molecule has 632 valence electrons. The van der Waals surface area contributed by atoms with Gasteiger partial charge in [-0.3, -0.25) is 37.3 Å². The molecule has 0 fully saturated rings. The van der Waals surface area contributed by atoms with Gasteiger partial charge in [-0.25, -0.2) is 13.9 Å². The fourth-order valence-corrected chi connectivity index (χ4v) is 14.5. The molecule has 21 nitrogen and oxygen atoms in total. The summed E-state index contributed by atoms with van der Waals surface area (Å²) in [6, 6.07) is -2.32. The maximum absolute atomic E-state index is 13.3. The van der Waals surface area contributed by atoms with Gasteiger partial charge in [0.25, 0.3) is 0 Å². The first-order chi connectivity index (χ1) is 51.5. The number of esters is 2. The van der Waals surface area contributed by atoms with Crippen LogP contribution in [0.3, 0.4) is 0 Å². The molecule has 0 rings (SSSR count). The van der Waals surface area contributed by atoms with E-state index in [4.69, 9.17) is 37.0 Å². The van der Waals surface area contributed by atoms with E-state index in [1.165, 1.54) is 167 Å². The number of phosphoric ester groups is 2. The topological polar surface area (TPSA) is 282 Å². The van der Waals surface area contributed by atoms with Crippen molar-refractivity contribution in [3.63, 3.8) is 0 Å². The van der Waals surface area contributed by atoms with E-state index in [9.17, 15) is 42.9 Å². The standard InChI is InChI=1S/C83H164N4O17P2.2Na.2H/c1-7-13-19-25-29-33-35-39-41-47-53-59-79(88)86-75(71-97-67-63-77(57-51-45-23-17-11-5)103-81(90)61-55-49-43-37-31-27-21-15-9-3)73-101-105(93,94)99-69-65-84-83(92)85-66-70-100-106(95,96)102-74-76(87-80(89)60-54-48-42-40-36-34-30-26-20-14-8-2)72-98-68-64-78(58-52-46-24-18-12-6)104-82(91)62-56-50-44-38-32-28-22-16-10-4;;;;/h75-78H,7-74H2,1-6H3,(H,86,88)(H,87,89)(H,93,94)(H,95,96)(H2,84,85,92);;;;/q;2*+1;2*-1/t75-,76-,77+,78+;;;;/m0..../s1. The SMILES string of the molecule is CCCCCCCCCCCCCC(=O)N[C@@H](COCC[C@@H](CCCCCCC)OC(=O)CCCCCCCCCCC)COP(=O)(O)OCCNC(=O)NCCOP(=O)(O)OC[C@H](COCC[C@@H](CCCCCCC)OC(=O)CCCCCCCCCCC)NC(=O)CCCCCCCCCCCCC.[H-].[H-].[Na+].[Na+]. The zero-order valence-corrected chi connectivity index (χ0v) is 76.6. The maximum atomic E-state index is 13.3. The zero-order valence-electron chi connectivity index (χ0n) is 72.8. The summed E-state index contributed by atoms with van der Waals surface area (Å²) in [5, 5.41) is 10.8. The van der Waals surface area contributed by atoms with Gasteiger partial charge >= 0.3 is 92.7 Å². The molecule has 0 aromatic heterocycles. The van der Waals surface area contributed by atoms with Gasteiger partial charge in [-0.05, 0) is 51.4 Å². The maximum Gasteiger partial charge on any atom is 1.00 e. The van der Waals surface area contributed by atoms with Crippen LogP contribution in [0.5, 0.6) is 0 Å². The minimum Gasteiger partial charge on any atom is -1.00 e. The normalized spacial score (nSPS) is 13.6. The Hall–Kier alpha value is -0.710. The summed E-state index contributed by atoms with van der Waals surface area (Å²) in [4.78, 5) is 86.8. The largest absolute Gasteiger partial charge is 1.00 e. The minimum atomic E-state index is -4.70. The average molecular weight is 1600 g/mol. The summed E-state index contributed by atoms with van der Waals surface area (Å²) in [5.41, 5.74) is 0. The molecule has 0 bridgehead atoms. The van der Waals surface area contributed by atoms with Crippen LogP contribution >= 0.6 is 15.6 Å². The number of urea groups is 1. The third kappa shape index (κ3) is 80.5. The van der Waals surface area contributed by atoms with Crippen molar-refractivity contribution in [1.82, 2.24) is 21.3 Å². The van der Waals surface area contributed by atoms with E-state index in [0.29, 0.717) is 38.5 Å². The molecule has 108 heavy (non-hydrogen) atoms. The summed E-state index contributed by atoms with van der Waals surface area (Å²) < 4.78 is 71.7. The molecule has 0 saturated heterocycles. The Kier molecular flexibility index (Phi) is 86.9. The Labute approximate surface area is 707 Å². The number of nitrogens with one attached hydrogen (secondary N) is 4. The van der Waals surface area contributed by atoms with Crippen molar-refractivity contribution in [2.24, 2.45) is 0 Å². The minimum absolute atomic E-state index is 0. The van der Waals surface area contributed by atoms with Crippen molar-refractivity contribution in [2.75, 3.05) is 65.9 Å². The third-order valence-electron chi connectivity index (χ3n) is 19.5. The van der Waals surface area contributed by atoms with Gasteiger partial charge in [0.05, 0.1) is 64.9 Å². The van der Waals surface area contributed by atoms with Crippen LogP contribution < -0.4 is 80.4 Å². The van der Waals surface area contributed by atoms with Crippen LogP contribution in [0.1, 0.15) is 417 Å². The van der Waals surface area contributed by atoms with Crippen LogP contribution in [0.4, 0.5) is 4.79 Å². The first-order valence-corrected chi connectivity index (χ1v) is 46.9. The van der Waals surface area contributed by atoms with E-state index in [1.54, 1.807) is 0 Å². The van der Waals surface area contributed by atoms with Crippen LogP contribution in [0, 0.1) is 0 Å². The summed E-state index contributed by atoms with van der Waals surface area (Å²) in [6.07, 6.45) is 59.9. The average Bonchev–Trinajstić information content (AvgIpc) is 0.913. The number of rotatable bonds is 84. The Morgan fingerprint density at radius 1 is 0.306 bits per heavy atom. The van der Waals surface area contributed by atoms with Crippen LogP contribution in [-0.2, 0) is 65.4 Å². The van der Waals surface area contributed by atoms with Gasteiger partial charge in [-0.15, -0.1) is 0 Å². The number of unbranched alkanes of at least 4 members (excludes halogenated alkanes) is 44. The smallest absolute Gasteiger partial charge is 1.00 e. The van der Waals surface area contributed by atoms with Crippen LogP contribution in [-0.4, -0.2) is 130 Å². The fourth-order valence-electron chi connectivity index (χ4n) is 12.9. The molecule has 4 amide bonds. The molecule has 0 saturated carbocycles. The van der Waals surface area contributed by atoms with Gasteiger partial charge in [-0.1, -0.05) is 324 Å². The number of hydrogen-bond donors (Lipinski definition) is 6. The molecule has 6 N–H and O–H groups in total. The molecule has 0 heterocycles. The van der Waals surface area contributed by atoms with Crippen molar-refractivity contribution in [1.29, 1.82) is 0 Å². The van der Waals surface area contributed by atoms with Crippen LogP contribution in [0.15, 0.2) is 0 Å². The first kappa shape index (κ1) is 111. The van der Waals surface area contributed by atoms with Crippen LogP contribution in [0.2, 0.25) is 0 Å². The van der Waals surface area contributed by atoms with Gasteiger partial charge < -0.3 is 52.9 Å². The van der Waals surface area contributed by atoms with E-state index in [0.717, 1.165) is 154 Å². The molecular formula is C83H166N4Na2O17P2. The summed E-state index contributed by atoms with van der Waals surface area (Å²) in [7, 11) is -9.41. The molecule has 0 radical (unpaired) electrons. The van der Waals surface area contributed by atoms with Crippen molar-refractivity contribution in [3.05, 3.63) is 0 Å². The van der Waals surface area contributed by atoms with Gasteiger partial charge in [0.1, 0.15) is 12.2 Å². The van der Waals surface area contributed by atoms with Gasteiger partial charge in [-0.2, -0.15) is 0 Å². The molecule has 6 atom stereocenters. The van der Waals surface area contributed by atoms with Gasteiger partial charge in [0.2, 0.25) is 11.8 Å². The van der Waals surface area contributed by atoms with Crippen molar-refractivity contribution in [3.8, 4) is 0 Å². The van der Waals surface area contributed by atoms with E-state index in [2.05, 4.69) is 62.8 Å².